The van der Waals surface area contributed by atoms with Crippen molar-refractivity contribution in [3.63, 3.8) is 0 Å². The number of nitrogens with zero attached hydrogens (tertiary/aromatic N) is 1. The van der Waals surface area contributed by atoms with E-state index in [4.69, 9.17) is 0 Å². The van der Waals surface area contributed by atoms with Gasteiger partial charge in [-0.2, -0.15) is 0 Å². The number of carbonyl (C=O) groups is 3. The predicted octanol–water partition coefficient (Wildman–Crippen LogP) is 0.949. The number of aromatic nitrogens is 1. The molecular formula is C15H15N3O4. The van der Waals surface area contributed by atoms with Gasteiger partial charge in [0.05, 0.1) is 13.5 Å². The zero-order chi connectivity index (χ0) is 15.9. The number of rotatable bonds is 4. The van der Waals surface area contributed by atoms with Gasteiger partial charge in [0, 0.05) is 18.0 Å². The summed E-state index contributed by atoms with van der Waals surface area (Å²) < 4.78 is 4.43. The molecule has 1 aromatic carbocycles. The molecule has 0 aliphatic rings. The summed E-state index contributed by atoms with van der Waals surface area (Å²) >= 11 is 0. The van der Waals surface area contributed by atoms with Crippen molar-refractivity contribution in [2.45, 2.75) is 12.8 Å². The molecule has 114 valence electrons. The van der Waals surface area contributed by atoms with Gasteiger partial charge in [0.1, 0.15) is 5.69 Å². The summed E-state index contributed by atoms with van der Waals surface area (Å²) in [6.45, 7) is 0. The number of carbonyl (C=O) groups excluding carboxylic acids is 3. The van der Waals surface area contributed by atoms with Gasteiger partial charge in [-0.05, 0) is 11.5 Å². The molecule has 1 aromatic heterocycles. The third kappa shape index (κ3) is 3.78. The maximum absolute atomic E-state index is 12.1. The zero-order valence-corrected chi connectivity index (χ0v) is 12.0. The van der Waals surface area contributed by atoms with Crippen molar-refractivity contribution in [3.8, 4) is 0 Å². The lowest BCUT2D eigenvalue weighted by molar-refractivity contribution is -0.142. The van der Waals surface area contributed by atoms with Gasteiger partial charge in [-0.3, -0.25) is 30.2 Å². The fraction of sp³-hybridized carbons (Fsp3) is 0.200. The van der Waals surface area contributed by atoms with E-state index in [1.54, 1.807) is 18.2 Å². The fourth-order valence-electron chi connectivity index (χ4n) is 1.87. The quantitative estimate of drug-likeness (QED) is 0.647. The van der Waals surface area contributed by atoms with E-state index in [0.29, 0.717) is 5.39 Å². The zero-order valence-electron chi connectivity index (χ0n) is 12.0. The molecule has 0 unspecified atom stereocenters. The highest BCUT2D eigenvalue weighted by atomic mass is 16.5. The molecule has 0 bridgehead atoms. The van der Waals surface area contributed by atoms with Crippen LogP contribution in [0.1, 0.15) is 23.3 Å². The molecule has 22 heavy (non-hydrogen) atoms. The van der Waals surface area contributed by atoms with Crippen LogP contribution in [-0.4, -0.2) is 29.9 Å². The minimum absolute atomic E-state index is 0.0509. The number of pyridine rings is 1. The molecule has 0 aliphatic carbocycles. The number of esters is 1. The minimum Gasteiger partial charge on any atom is -0.469 e. The first-order valence-corrected chi connectivity index (χ1v) is 6.61. The standard InChI is InChI=1S/C15H15N3O4/c1-22-13(20)7-6-12(19)17-18-15(21)14-11-5-3-2-4-10(11)8-9-16-14/h2-5,8-9H,6-7H2,1H3,(H,17,19)(H,18,21). The Balaban J connectivity index is 1.97. The maximum Gasteiger partial charge on any atom is 0.306 e. The van der Waals surface area contributed by atoms with Crippen molar-refractivity contribution in [2.75, 3.05) is 7.11 Å². The van der Waals surface area contributed by atoms with Crippen LogP contribution in [0.15, 0.2) is 36.5 Å². The number of fused-ring (bicyclic) bond motifs is 1. The van der Waals surface area contributed by atoms with Gasteiger partial charge < -0.3 is 4.74 Å². The Morgan fingerprint density at radius 3 is 2.64 bits per heavy atom. The number of amides is 2. The van der Waals surface area contributed by atoms with Crippen LogP contribution in [0, 0.1) is 0 Å². The third-order valence-corrected chi connectivity index (χ3v) is 2.99. The second-order valence-electron chi connectivity index (χ2n) is 4.46. The number of hydrogen-bond donors (Lipinski definition) is 2. The second kappa shape index (κ2) is 7.16. The largest absolute Gasteiger partial charge is 0.469 e. The Kier molecular flexibility index (Phi) is 5.02. The number of hydrogen-bond acceptors (Lipinski definition) is 5. The van der Waals surface area contributed by atoms with Gasteiger partial charge in [0.25, 0.3) is 5.91 Å². The Labute approximate surface area is 126 Å². The van der Waals surface area contributed by atoms with Gasteiger partial charge in [-0.1, -0.05) is 24.3 Å². The van der Waals surface area contributed by atoms with Crippen molar-refractivity contribution in [3.05, 3.63) is 42.2 Å². The molecule has 0 fully saturated rings. The molecule has 0 saturated heterocycles. The first kappa shape index (κ1) is 15.4. The summed E-state index contributed by atoms with van der Waals surface area (Å²) in [6, 6.07) is 9.09. The van der Waals surface area contributed by atoms with Crippen LogP contribution < -0.4 is 10.9 Å². The van der Waals surface area contributed by atoms with E-state index >= 15 is 0 Å². The highest BCUT2D eigenvalue weighted by Gasteiger charge is 2.13. The lowest BCUT2D eigenvalue weighted by atomic mass is 10.1. The van der Waals surface area contributed by atoms with Gasteiger partial charge in [-0.25, -0.2) is 0 Å². The normalized spacial score (nSPS) is 10.0. The number of nitrogens with one attached hydrogen (secondary N) is 2. The molecule has 7 heteroatoms. The Morgan fingerprint density at radius 2 is 1.86 bits per heavy atom. The number of methoxy groups -OCH3 is 1. The molecule has 0 spiro atoms. The van der Waals surface area contributed by atoms with E-state index in [-0.39, 0.29) is 18.5 Å². The van der Waals surface area contributed by atoms with Crippen molar-refractivity contribution in [1.29, 1.82) is 0 Å². The molecular weight excluding hydrogens is 286 g/mol. The van der Waals surface area contributed by atoms with E-state index in [1.165, 1.54) is 13.3 Å². The lowest BCUT2D eigenvalue weighted by Crippen LogP contribution is -2.42. The second-order valence-corrected chi connectivity index (χ2v) is 4.46. The summed E-state index contributed by atoms with van der Waals surface area (Å²) in [5.74, 6) is -1.50. The molecule has 2 N–H and O–H groups in total. The molecule has 2 aromatic rings. The highest BCUT2D eigenvalue weighted by molar-refractivity contribution is 6.05. The SMILES string of the molecule is COC(=O)CCC(=O)NNC(=O)c1nccc2ccccc12. The van der Waals surface area contributed by atoms with Gasteiger partial charge in [0.15, 0.2) is 0 Å². The van der Waals surface area contributed by atoms with E-state index in [2.05, 4.69) is 20.6 Å². The number of hydrazine groups is 1. The van der Waals surface area contributed by atoms with Crippen molar-refractivity contribution in [2.24, 2.45) is 0 Å². The fourth-order valence-corrected chi connectivity index (χ4v) is 1.87. The van der Waals surface area contributed by atoms with Crippen LogP contribution in [0.2, 0.25) is 0 Å². The van der Waals surface area contributed by atoms with E-state index in [0.717, 1.165) is 5.39 Å². The lowest BCUT2D eigenvalue weighted by Gasteiger charge is -2.08. The summed E-state index contributed by atoms with van der Waals surface area (Å²) in [6.07, 6.45) is 1.40. The Morgan fingerprint density at radius 1 is 1.09 bits per heavy atom. The van der Waals surface area contributed by atoms with Gasteiger partial charge in [-0.15, -0.1) is 0 Å². The van der Waals surface area contributed by atoms with Crippen molar-refractivity contribution in [1.82, 2.24) is 15.8 Å². The molecule has 0 aliphatic heterocycles. The number of ether oxygens (including phenoxy) is 1. The first-order chi connectivity index (χ1) is 10.6. The van der Waals surface area contributed by atoms with Gasteiger partial charge in [0.2, 0.25) is 5.91 Å². The van der Waals surface area contributed by atoms with Gasteiger partial charge >= 0.3 is 5.97 Å². The summed E-state index contributed by atoms with van der Waals surface area (Å²) in [5, 5.41) is 1.56. The average Bonchev–Trinajstić information content (AvgIpc) is 2.56. The smallest absolute Gasteiger partial charge is 0.306 e. The molecule has 0 radical (unpaired) electrons. The summed E-state index contributed by atoms with van der Waals surface area (Å²) in [4.78, 5) is 38.5. The Hall–Kier alpha value is -2.96. The summed E-state index contributed by atoms with van der Waals surface area (Å²) in [5.41, 5.74) is 4.73. The minimum atomic E-state index is -0.525. The topological polar surface area (TPSA) is 97.4 Å². The third-order valence-electron chi connectivity index (χ3n) is 2.99. The summed E-state index contributed by atoms with van der Waals surface area (Å²) in [7, 11) is 1.24. The van der Waals surface area contributed by atoms with Crippen LogP contribution in [0.25, 0.3) is 10.8 Å². The molecule has 0 atom stereocenters. The highest BCUT2D eigenvalue weighted by Crippen LogP contribution is 2.15. The Bertz CT molecular complexity index is 710. The molecule has 7 nitrogen and oxygen atoms in total. The van der Waals surface area contributed by atoms with Crippen LogP contribution in [-0.2, 0) is 14.3 Å². The van der Waals surface area contributed by atoms with Crippen molar-refractivity contribution >= 4 is 28.6 Å². The molecule has 0 saturated carbocycles. The molecule has 1 heterocycles. The molecule has 2 rings (SSSR count). The average molecular weight is 301 g/mol. The monoisotopic (exact) mass is 301 g/mol. The van der Waals surface area contributed by atoms with E-state index in [9.17, 15) is 14.4 Å². The van der Waals surface area contributed by atoms with Crippen LogP contribution in [0.4, 0.5) is 0 Å². The van der Waals surface area contributed by atoms with E-state index < -0.39 is 17.8 Å². The number of benzene rings is 1. The van der Waals surface area contributed by atoms with Crippen LogP contribution >= 0.6 is 0 Å². The van der Waals surface area contributed by atoms with Crippen LogP contribution in [0.3, 0.4) is 0 Å². The molecule has 2 amide bonds. The maximum atomic E-state index is 12.1. The van der Waals surface area contributed by atoms with E-state index in [1.807, 2.05) is 12.1 Å². The predicted molar refractivity (Wildman–Crippen MR) is 78.6 cm³/mol. The first-order valence-electron chi connectivity index (χ1n) is 6.61. The van der Waals surface area contributed by atoms with Crippen molar-refractivity contribution < 1.29 is 19.1 Å². The van der Waals surface area contributed by atoms with Crippen LogP contribution in [0.5, 0.6) is 0 Å².